The fourth-order valence-electron chi connectivity index (χ4n) is 2.27. The van der Waals surface area contributed by atoms with Crippen LogP contribution in [0.25, 0.3) is 0 Å². The van der Waals surface area contributed by atoms with Gasteiger partial charge in [-0.2, -0.15) is 0 Å². The van der Waals surface area contributed by atoms with Gasteiger partial charge in [-0.05, 0) is 31.2 Å². The fraction of sp³-hybridized carbons (Fsp3) is 0.176. The average Bonchev–Trinajstić information content (AvgIpc) is 2.66. The Bertz CT molecular complexity index is 940. The van der Waals surface area contributed by atoms with E-state index >= 15 is 0 Å². The zero-order valence-corrected chi connectivity index (χ0v) is 14.6. The van der Waals surface area contributed by atoms with Gasteiger partial charge in [0.25, 0.3) is 15.9 Å². The third-order valence-electron chi connectivity index (χ3n) is 3.68. The van der Waals surface area contributed by atoms with Crippen LogP contribution < -0.4 is 19.7 Å². The molecule has 1 atom stereocenters. The van der Waals surface area contributed by atoms with Gasteiger partial charge in [0.1, 0.15) is 6.61 Å². The van der Waals surface area contributed by atoms with E-state index in [4.69, 9.17) is 9.47 Å². The summed E-state index contributed by atoms with van der Waals surface area (Å²) < 4.78 is 35.3. The van der Waals surface area contributed by atoms with E-state index in [-0.39, 0.29) is 17.3 Å². The molecule has 0 saturated carbocycles. The highest BCUT2D eigenvalue weighted by Gasteiger charge is 2.28. The van der Waals surface area contributed by atoms with Crippen LogP contribution in [0, 0.1) is 0 Å². The SMILES string of the molecule is CC(=O)c1ccc(S(=O)(=O)NNC(=O)[C@H]2COc3ccccc3O2)cc1. The molecule has 0 aromatic heterocycles. The summed E-state index contributed by atoms with van der Waals surface area (Å²) in [6.07, 6.45) is -0.993. The Balaban J connectivity index is 1.63. The smallest absolute Gasteiger partial charge is 0.279 e. The van der Waals surface area contributed by atoms with Crippen molar-refractivity contribution in [1.29, 1.82) is 0 Å². The zero-order chi connectivity index (χ0) is 18.7. The number of sulfonamides is 1. The molecule has 0 unspecified atom stereocenters. The predicted octanol–water partition coefficient (Wildman–Crippen LogP) is 1.04. The van der Waals surface area contributed by atoms with Crippen LogP contribution in [0.2, 0.25) is 0 Å². The van der Waals surface area contributed by atoms with Crippen LogP contribution in [0.3, 0.4) is 0 Å². The first-order valence-electron chi connectivity index (χ1n) is 7.68. The summed E-state index contributed by atoms with van der Waals surface area (Å²) in [6.45, 7) is 1.34. The molecule has 1 amide bonds. The molecule has 0 spiro atoms. The molecule has 8 nitrogen and oxygen atoms in total. The number of amides is 1. The molecule has 1 aliphatic heterocycles. The van der Waals surface area contributed by atoms with Gasteiger partial charge in [-0.15, -0.1) is 4.83 Å². The number of nitrogens with one attached hydrogen (secondary N) is 2. The Hall–Kier alpha value is -2.91. The maximum atomic E-state index is 12.2. The first kappa shape index (κ1) is 17.9. The molecule has 0 bridgehead atoms. The number of carbonyl (C=O) groups excluding carboxylic acids is 2. The lowest BCUT2D eigenvalue weighted by Crippen LogP contribution is -2.50. The molecule has 0 aliphatic carbocycles. The minimum absolute atomic E-state index is 0.0438. The van der Waals surface area contributed by atoms with E-state index < -0.39 is 22.0 Å². The van der Waals surface area contributed by atoms with Crippen LogP contribution in [0.15, 0.2) is 53.4 Å². The van der Waals surface area contributed by atoms with E-state index in [2.05, 4.69) is 5.43 Å². The van der Waals surface area contributed by atoms with Gasteiger partial charge in [-0.25, -0.2) is 8.42 Å². The number of ketones is 1. The largest absolute Gasteiger partial charge is 0.485 e. The Morgan fingerprint density at radius 2 is 1.69 bits per heavy atom. The van der Waals surface area contributed by atoms with Crippen molar-refractivity contribution in [2.24, 2.45) is 0 Å². The second kappa shape index (κ2) is 7.14. The highest BCUT2D eigenvalue weighted by molar-refractivity contribution is 7.89. The maximum absolute atomic E-state index is 12.2. The lowest BCUT2D eigenvalue weighted by molar-refractivity contribution is -0.130. The molecule has 0 radical (unpaired) electrons. The van der Waals surface area contributed by atoms with Gasteiger partial charge in [0.2, 0.25) is 6.10 Å². The number of benzene rings is 2. The molecule has 2 aromatic rings. The maximum Gasteiger partial charge on any atom is 0.279 e. The van der Waals surface area contributed by atoms with Crippen LogP contribution in [-0.4, -0.2) is 32.8 Å². The number of hydrogen-bond acceptors (Lipinski definition) is 6. The molecular weight excluding hydrogens is 360 g/mol. The lowest BCUT2D eigenvalue weighted by atomic mass is 10.2. The Morgan fingerprint density at radius 1 is 1.04 bits per heavy atom. The number of rotatable bonds is 5. The molecule has 26 heavy (non-hydrogen) atoms. The molecule has 9 heteroatoms. The Morgan fingerprint density at radius 3 is 2.35 bits per heavy atom. The second-order valence-corrected chi connectivity index (χ2v) is 7.22. The monoisotopic (exact) mass is 376 g/mol. The number of ether oxygens (including phenoxy) is 2. The molecule has 0 saturated heterocycles. The summed E-state index contributed by atoms with van der Waals surface area (Å²) in [5.41, 5.74) is 2.50. The van der Waals surface area contributed by atoms with E-state index in [1.807, 2.05) is 4.83 Å². The lowest BCUT2D eigenvalue weighted by Gasteiger charge is -2.25. The van der Waals surface area contributed by atoms with Crippen LogP contribution in [0.1, 0.15) is 17.3 Å². The third kappa shape index (κ3) is 3.84. The molecule has 2 N–H and O–H groups in total. The number of fused-ring (bicyclic) bond motifs is 1. The summed E-state index contributed by atoms with van der Waals surface area (Å²) in [6, 6.07) is 12.2. The molecule has 1 heterocycles. The minimum Gasteiger partial charge on any atom is -0.485 e. The Kier molecular flexibility index (Phi) is 4.92. The van der Waals surface area contributed by atoms with Crippen molar-refractivity contribution in [3.05, 3.63) is 54.1 Å². The first-order valence-corrected chi connectivity index (χ1v) is 9.16. The number of hydrazine groups is 1. The molecule has 3 rings (SSSR count). The number of hydrogen-bond donors (Lipinski definition) is 2. The molecule has 2 aromatic carbocycles. The van der Waals surface area contributed by atoms with Gasteiger partial charge in [0, 0.05) is 5.56 Å². The number of para-hydroxylation sites is 2. The zero-order valence-electron chi connectivity index (χ0n) is 13.8. The molecular formula is C17H16N2O6S. The van der Waals surface area contributed by atoms with Gasteiger partial charge >= 0.3 is 0 Å². The van der Waals surface area contributed by atoms with Gasteiger partial charge in [0.15, 0.2) is 17.3 Å². The van der Waals surface area contributed by atoms with Gasteiger partial charge in [0.05, 0.1) is 4.90 Å². The fourth-order valence-corrected chi connectivity index (χ4v) is 3.12. The van der Waals surface area contributed by atoms with Crippen molar-refractivity contribution in [3.63, 3.8) is 0 Å². The van der Waals surface area contributed by atoms with Gasteiger partial charge in [-0.3, -0.25) is 15.0 Å². The average molecular weight is 376 g/mol. The summed E-state index contributed by atoms with van der Waals surface area (Å²) in [5, 5.41) is 0. The molecule has 0 fully saturated rings. The quantitative estimate of drug-likeness (QED) is 0.596. The first-order chi connectivity index (χ1) is 12.4. The molecule has 1 aliphatic rings. The van der Waals surface area contributed by atoms with Crippen molar-refractivity contribution in [3.8, 4) is 11.5 Å². The van der Waals surface area contributed by atoms with E-state index in [0.29, 0.717) is 17.1 Å². The number of carbonyl (C=O) groups is 2. The normalized spacial score (nSPS) is 16.0. The molecule has 136 valence electrons. The summed E-state index contributed by atoms with van der Waals surface area (Å²) in [5.74, 6) is 0.0534. The van der Waals surface area contributed by atoms with Crippen LogP contribution in [-0.2, 0) is 14.8 Å². The predicted molar refractivity (Wildman–Crippen MR) is 91.3 cm³/mol. The topological polar surface area (TPSA) is 111 Å². The minimum atomic E-state index is -3.99. The van der Waals surface area contributed by atoms with E-state index in [0.717, 1.165) is 0 Å². The number of Topliss-reactive ketones (excluding diaryl/α,β-unsaturated/α-hetero) is 1. The summed E-state index contributed by atoms with van der Waals surface area (Å²) >= 11 is 0. The van der Waals surface area contributed by atoms with Crippen molar-refractivity contribution in [1.82, 2.24) is 10.3 Å². The van der Waals surface area contributed by atoms with Gasteiger partial charge < -0.3 is 9.47 Å². The van der Waals surface area contributed by atoms with Crippen LogP contribution in [0.4, 0.5) is 0 Å². The summed E-state index contributed by atoms with van der Waals surface area (Å²) in [4.78, 5) is 25.3. The van der Waals surface area contributed by atoms with Crippen LogP contribution in [0.5, 0.6) is 11.5 Å². The van der Waals surface area contributed by atoms with Crippen molar-refractivity contribution < 1.29 is 27.5 Å². The second-order valence-electron chi connectivity index (χ2n) is 5.54. The third-order valence-corrected chi connectivity index (χ3v) is 4.94. The van der Waals surface area contributed by atoms with Crippen molar-refractivity contribution in [2.45, 2.75) is 17.9 Å². The highest BCUT2D eigenvalue weighted by atomic mass is 32.2. The standard InChI is InChI=1S/C17H16N2O6S/c1-11(20)12-6-8-13(9-7-12)26(22,23)19-18-17(21)16-10-24-14-4-2-3-5-15(14)25-16/h2-9,16,19H,10H2,1H3,(H,18,21)/t16-/m1/s1. The Labute approximate surface area is 150 Å². The highest BCUT2D eigenvalue weighted by Crippen LogP contribution is 2.30. The van der Waals surface area contributed by atoms with E-state index in [1.165, 1.54) is 31.2 Å². The van der Waals surface area contributed by atoms with E-state index in [1.54, 1.807) is 24.3 Å². The van der Waals surface area contributed by atoms with E-state index in [9.17, 15) is 18.0 Å². The summed E-state index contributed by atoms with van der Waals surface area (Å²) in [7, 11) is -3.99. The van der Waals surface area contributed by atoms with Gasteiger partial charge in [-0.1, -0.05) is 24.3 Å². The van der Waals surface area contributed by atoms with Crippen molar-refractivity contribution in [2.75, 3.05) is 6.61 Å². The van der Waals surface area contributed by atoms with Crippen LogP contribution >= 0.6 is 0 Å². The van der Waals surface area contributed by atoms with Crippen molar-refractivity contribution >= 4 is 21.7 Å².